The first-order valence-electron chi connectivity index (χ1n) is 5.21. The molecule has 0 amide bonds. The number of hydrogen-bond acceptors (Lipinski definition) is 2. The summed E-state index contributed by atoms with van der Waals surface area (Å²) >= 11 is 3.51. The summed E-state index contributed by atoms with van der Waals surface area (Å²) in [5.41, 5.74) is 8.53. The normalized spacial score (nSPS) is 12.7. The summed E-state index contributed by atoms with van der Waals surface area (Å²) in [6.45, 7) is 2.07. The molecule has 1 atom stereocenters. The second-order valence-corrected chi connectivity index (χ2v) is 4.70. The van der Waals surface area contributed by atoms with Crippen molar-refractivity contribution >= 4 is 15.9 Å². The Morgan fingerprint density at radius 2 is 2.12 bits per heavy atom. The lowest BCUT2D eigenvalue weighted by Crippen LogP contribution is -2.14. The summed E-state index contributed by atoms with van der Waals surface area (Å²) in [6.07, 6.45) is 2.40. The zero-order valence-electron chi connectivity index (χ0n) is 9.11. The van der Waals surface area contributed by atoms with Gasteiger partial charge in [0.15, 0.2) is 0 Å². The van der Waals surface area contributed by atoms with Gasteiger partial charge in [-0.25, -0.2) is 0 Å². The highest BCUT2D eigenvalue weighted by Crippen LogP contribution is 2.25. The topological polar surface area (TPSA) is 39.2 Å². The van der Waals surface area contributed by atoms with Gasteiger partial charge < -0.3 is 10.2 Å². The van der Waals surface area contributed by atoms with Crippen LogP contribution in [0, 0.1) is 6.92 Å². The van der Waals surface area contributed by atoms with E-state index in [1.807, 2.05) is 24.3 Å². The van der Waals surface area contributed by atoms with E-state index in [4.69, 9.17) is 10.2 Å². The molecule has 0 saturated heterocycles. The van der Waals surface area contributed by atoms with Crippen molar-refractivity contribution in [3.63, 3.8) is 0 Å². The van der Waals surface area contributed by atoms with Crippen LogP contribution in [0.1, 0.15) is 22.9 Å². The van der Waals surface area contributed by atoms with Crippen molar-refractivity contribution in [2.75, 3.05) is 0 Å². The molecule has 2 N–H and O–H groups in total. The first kappa shape index (κ1) is 11.4. The molecule has 1 heterocycles. The van der Waals surface area contributed by atoms with Gasteiger partial charge in [-0.2, -0.15) is 0 Å². The summed E-state index contributed by atoms with van der Waals surface area (Å²) < 4.78 is 6.40. The van der Waals surface area contributed by atoms with Crippen LogP contribution >= 0.6 is 15.9 Å². The van der Waals surface area contributed by atoms with Crippen LogP contribution in [0.15, 0.2) is 45.5 Å². The van der Waals surface area contributed by atoms with E-state index in [1.54, 1.807) is 6.26 Å². The van der Waals surface area contributed by atoms with Gasteiger partial charge in [0.2, 0.25) is 0 Å². The second kappa shape index (κ2) is 4.85. The van der Waals surface area contributed by atoms with Crippen molar-refractivity contribution in [3.8, 4) is 0 Å². The minimum Gasteiger partial charge on any atom is -0.469 e. The number of hydrogen-bond donors (Lipinski definition) is 1. The summed E-state index contributed by atoms with van der Waals surface area (Å²) in [5.74, 6) is 0.923. The molecule has 84 valence electrons. The van der Waals surface area contributed by atoms with Crippen molar-refractivity contribution in [2.24, 2.45) is 5.73 Å². The minimum atomic E-state index is -0.0244. The van der Waals surface area contributed by atoms with Crippen LogP contribution in [0.4, 0.5) is 0 Å². The molecule has 1 aromatic carbocycles. The molecule has 16 heavy (non-hydrogen) atoms. The van der Waals surface area contributed by atoms with E-state index in [9.17, 15) is 0 Å². The van der Waals surface area contributed by atoms with Gasteiger partial charge in [-0.05, 0) is 36.2 Å². The zero-order chi connectivity index (χ0) is 11.5. The second-order valence-electron chi connectivity index (χ2n) is 3.84. The number of nitrogens with two attached hydrogens (primary N) is 1. The Morgan fingerprint density at radius 1 is 1.31 bits per heavy atom. The fourth-order valence-corrected chi connectivity index (χ4v) is 2.16. The van der Waals surface area contributed by atoms with Crippen molar-refractivity contribution in [1.29, 1.82) is 0 Å². The molecule has 0 aliphatic rings. The van der Waals surface area contributed by atoms with Gasteiger partial charge in [0.25, 0.3) is 0 Å². The van der Waals surface area contributed by atoms with Gasteiger partial charge >= 0.3 is 0 Å². The average molecular weight is 280 g/mol. The van der Waals surface area contributed by atoms with E-state index in [1.165, 1.54) is 5.56 Å². The Balaban J connectivity index is 2.21. The number of halogens is 1. The molecule has 0 radical (unpaired) electrons. The van der Waals surface area contributed by atoms with Gasteiger partial charge in [-0.15, -0.1) is 0 Å². The lowest BCUT2D eigenvalue weighted by molar-refractivity contribution is 0.488. The van der Waals surface area contributed by atoms with E-state index in [0.717, 1.165) is 22.2 Å². The molecule has 2 rings (SSSR count). The van der Waals surface area contributed by atoms with Crippen LogP contribution < -0.4 is 5.73 Å². The van der Waals surface area contributed by atoms with Crippen molar-refractivity contribution in [3.05, 3.63) is 58.0 Å². The minimum absolute atomic E-state index is 0.0244. The molecule has 0 fully saturated rings. The molecular formula is C13H14BrNO. The lowest BCUT2D eigenvalue weighted by atomic mass is 9.99. The summed E-state index contributed by atoms with van der Waals surface area (Å²) in [6, 6.07) is 9.91. The molecule has 2 aromatic rings. The molecule has 2 nitrogen and oxygen atoms in total. The highest BCUT2D eigenvalue weighted by molar-refractivity contribution is 9.10. The van der Waals surface area contributed by atoms with Crippen LogP contribution in [-0.4, -0.2) is 0 Å². The zero-order valence-corrected chi connectivity index (χ0v) is 10.7. The van der Waals surface area contributed by atoms with Gasteiger partial charge in [0, 0.05) is 16.9 Å². The fraction of sp³-hybridized carbons (Fsp3) is 0.231. The SMILES string of the molecule is Cc1c(Br)cccc1C(N)Cc1ccco1. The molecule has 3 heteroatoms. The first-order chi connectivity index (χ1) is 7.68. The lowest BCUT2D eigenvalue weighted by Gasteiger charge is -2.14. The predicted octanol–water partition coefficient (Wildman–Crippen LogP) is 3.59. The van der Waals surface area contributed by atoms with Gasteiger partial charge in [0.1, 0.15) is 5.76 Å². The first-order valence-corrected chi connectivity index (χ1v) is 6.00. The van der Waals surface area contributed by atoms with Crippen molar-refractivity contribution in [2.45, 2.75) is 19.4 Å². The Morgan fingerprint density at radius 3 is 2.81 bits per heavy atom. The third-order valence-electron chi connectivity index (χ3n) is 2.71. The standard InChI is InChI=1S/C13H14BrNO/c1-9-11(5-2-6-12(9)14)13(15)8-10-4-3-7-16-10/h2-7,13H,8,15H2,1H3. The third-order valence-corrected chi connectivity index (χ3v) is 3.57. The molecule has 0 saturated carbocycles. The molecule has 1 unspecified atom stereocenters. The summed E-state index contributed by atoms with van der Waals surface area (Å²) in [7, 11) is 0. The molecule has 0 aliphatic heterocycles. The summed E-state index contributed by atoms with van der Waals surface area (Å²) in [4.78, 5) is 0. The number of furan rings is 1. The van der Waals surface area contributed by atoms with Crippen LogP contribution in [0.5, 0.6) is 0 Å². The highest BCUT2D eigenvalue weighted by atomic mass is 79.9. The van der Waals surface area contributed by atoms with Crippen LogP contribution in [0.25, 0.3) is 0 Å². The molecule has 0 spiro atoms. The smallest absolute Gasteiger partial charge is 0.105 e. The van der Waals surface area contributed by atoms with Crippen molar-refractivity contribution in [1.82, 2.24) is 0 Å². The molecule has 0 bridgehead atoms. The third kappa shape index (κ3) is 2.36. The number of benzene rings is 1. The maximum atomic E-state index is 6.18. The van der Waals surface area contributed by atoms with E-state index in [-0.39, 0.29) is 6.04 Å². The fourth-order valence-electron chi connectivity index (χ4n) is 1.78. The highest BCUT2D eigenvalue weighted by Gasteiger charge is 2.12. The largest absolute Gasteiger partial charge is 0.469 e. The van der Waals surface area contributed by atoms with Crippen LogP contribution in [0.2, 0.25) is 0 Å². The maximum absolute atomic E-state index is 6.18. The van der Waals surface area contributed by atoms with E-state index in [2.05, 4.69) is 28.9 Å². The van der Waals surface area contributed by atoms with E-state index in [0.29, 0.717) is 0 Å². The van der Waals surface area contributed by atoms with E-state index < -0.39 is 0 Å². The van der Waals surface area contributed by atoms with Crippen molar-refractivity contribution < 1.29 is 4.42 Å². The Hall–Kier alpha value is -1.06. The Bertz CT molecular complexity index is 465. The monoisotopic (exact) mass is 279 g/mol. The molecule has 1 aromatic heterocycles. The van der Waals surface area contributed by atoms with Crippen LogP contribution in [-0.2, 0) is 6.42 Å². The molecule has 0 aliphatic carbocycles. The van der Waals surface area contributed by atoms with Gasteiger partial charge in [-0.3, -0.25) is 0 Å². The quantitative estimate of drug-likeness (QED) is 0.933. The Kier molecular flexibility index (Phi) is 3.46. The summed E-state index contributed by atoms with van der Waals surface area (Å²) in [5, 5.41) is 0. The van der Waals surface area contributed by atoms with Gasteiger partial charge in [-0.1, -0.05) is 28.1 Å². The Labute approximate surface area is 104 Å². The van der Waals surface area contributed by atoms with Gasteiger partial charge in [0.05, 0.1) is 6.26 Å². The number of rotatable bonds is 3. The van der Waals surface area contributed by atoms with E-state index >= 15 is 0 Å². The maximum Gasteiger partial charge on any atom is 0.105 e. The van der Waals surface area contributed by atoms with Crippen LogP contribution in [0.3, 0.4) is 0 Å². The predicted molar refractivity (Wildman–Crippen MR) is 68.2 cm³/mol. The average Bonchev–Trinajstić information content (AvgIpc) is 2.74. The molecular weight excluding hydrogens is 266 g/mol.